The Balaban J connectivity index is 1.59. The maximum absolute atomic E-state index is 9.22. The van der Waals surface area contributed by atoms with E-state index in [2.05, 4.69) is 29.6 Å². The van der Waals surface area contributed by atoms with Crippen LogP contribution in [0.1, 0.15) is 5.56 Å². The van der Waals surface area contributed by atoms with Gasteiger partial charge < -0.3 is 15.2 Å². The van der Waals surface area contributed by atoms with Crippen LogP contribution in [-0.4, -0.2) is 18.3 Å². The van der Waals surface area contributed by atoms with Crippen molar-refractivity contribution in [2.45, 2.75) is 6.42 Å². The third-order valence-corrected chi connectivity index (χ3v) is 3.43. The molecule has 0 bridgehead atoms. The van der Waals surface area contributed by atoms with Gasteiger partial charge >= 0.3 is 0 Å². The monoisotopic (exact) mass is 255 g/mol. The minimum absolute atomic E-state index is 0.264. The molecule has 0 aliphatic carbocycles. The van der Waals surface area contributed by atoms with Gasteiger partial charge in [-0.05, 0) is 42.3 Å². The van der Waals surface area contributed by atoms with Gasteiger partial charge in [-0.1, -0.05) is 18.2 Å². The van der Waals surface area contributed by atoms with Crippen LogP contribution in [0.4, 0.5) is 5.69 Å². The molecule has 1 aliphatic heterocycles. The van der Waals surface area contributed by atoms with Crippen LogP contribution in [-0.2, 0) is 6.42 Å². The van der Waals surface area contributed by atoms with Gasteiger partial charge in [0.05, 0.1) is 6.61 Å². The molecule has 0 fully saturated rings. The largest absolute Gasteiger partial charge is 0.508 e. The standard InChI is InChI=1S/C16H17NO2/c18-14-5-7-15(8-6-14)19-11-12-9-13-3-1-2-4-16(13)17-10-12/h1-8,12,17-18H,9-11H2. The molecule has 1 unspecified atom stereocenters. The molecule has 0 saturated carbocycles. The number of fused-ring (bicyclic) bond motifs is 1. The summed E-state index contributed by atoms with van der Waals surface area (Å²) in [4.78, 5) is 0. The smallest absolute Gasteiger partial charge is 0.119 e. The van der Waals surface area contributed by atoms with Gasteiger partial charge in [0.1, 0.15) is 11.5 Å². The summed E-state index contributed by atoms with van der Waals surface area (Å²) in [6, 6.07) is 15.3. The number of aromatic hydroxyl groups is 1. The number of benzene rings is 2. The lowest BCUT2D eigenvalue weighted by atomic mass is 9.95. The second kappa shape index (κ2) is 5.22. The van der Waals surface area contributed by atoms with Crippen LogP contribution in [0.25, 0.3) is 0 Å². The van der Waals surface area contributed by atoms with Crippen molar-refractivity contribution in [3.8, 4) is 11.5 Å². The molecule has 98 valence electrons. The highest BCUT2D eigenvalue weighted by molar-refractivity contribution is 5.53. The fraction of sp³-hybridized carbons (Fsp3) is 0.250. The number of phenols is 1. The quantitative estimate of drug-likeness (QED) is 0.885. The Morgan fingerprint density at radius 3 is 2.74 bits per heavy atom. The number of nitrogens with one attached hydrogen (secondary N) is 1. The molecular formula is C16H17NO2. The Hall–Kier alpha value is -2.16. The summed E-state index contributed by atoms with van der Waals surface area (Å²) in [5.41, 5.74) is 2.59. The average Bonchev–Trinajstić information content (AvgIpc) is 2.46. The summed E-state index contributed by atoms with van der Waals surface area (Å²) >= 11 is 0. The van der Waals surface area contributed by atoms with Crippen LogP contribution >= 0.6 is 0 Å². The molecule has 1 aliphatic rings. The summed E-state index contributed by atoms with van der Waals surface area (Å²) in [6.45, 7) is 1.63. The van der Waals surface area contributed by atoms with Crippen molar-refractivity contribution in [3.05, 3.63) is 54.1 Å². The first-order valence-corrected chi connectivity index (χ1v) is 6.55. The van der Waals surface area contributed by atoms with Crippen molar-refractivity contribution in [3.63, 3.8) is 0 Å². The zero-order valence-corrected chi connectivity index (χ0v) is 10.7. The van der Waals surface area contributed by atoms with Gasteiger partial charge in [-0.15, -0.1) is 0 Å². The molecule has 3 rings (SSSR count). The zero-order chi connectivity index (χ0) is 13.1. The molecule has 2 aromatic carbocycles. The van der Waals surface area contributed by atoms with Gasteiger partial charge in [0.2, 0.25) is 0 Å². The van der Waals surface area contributed by atoms with E-state index in [1.54, 1.807) is 24.3 Å². The first-order chi connectivity index (χ1) is 9.31. The van der Waals surface area contributed by atoms with E-state index in [1.807, 2.05) is 0 Å². The first-order valence-electron chi connectivity index (χ1n) is 6.55. The normalized spacial score (nSPS) is 17.4. The molecule has 1 heterocycles. The second-order valence-electron chi connectivity index (χ2n) is 4.91. The molecular weight excluding hydrogens is 238 g/mol. The predicted octanol–water partition coefficient (Wildman–Crippen LogP) is 3.06. The van der Waals surface area contributed by atoms with Gasteiger partial charge in [0.15, 0.2) is 0 Å². The number of rotatable bonds is 3. The van der Waals surface area contributed by atoms with E-state index >= 15 is 0 Å². The van der Waals surface area contributed by atoms with Crippen LogP contribution < -0.4 is 10.1 Å². The van der Waals surface area contributed by atoms with E-state index in [-0.39, 0.29) is 5.75 Å². The van der Waals surface area contributed by atoms with Crippen LogP contribution in [0, 0.1) is 5.92 Å². The maximum Gasteiger partial charge on any atom is 0.119 e. The Morgan fingerprint density at radius 1 is 1.11 bits per heavy atom. The summed E-state index contributed by atoms with van der Waals surface area (Å²) in [6.07, 6.45) is 1.04. The lowest BCUT2D eigenvalue weighted by Crippen LogP contribution is -2.27. The molecule has 19 heavy (non-hydrogen) atoms. The third kappa shape index (κ3) is 2.81. The van der Waals surface area contributed by atoms with Crippen molar-refractivity contribution in [2.75, 3.05) is 18.5 Å². The summed E-state index contributed by atoms with van der Waals surface area (Å²) < 4.78 is 5.76. The number of phenolic OH excluding ortho intramolecular Hbond substituents is 1. The van der Waals surface area contributed by atoms with Gasteiger partial charge in [0, 0.05) is 18.2 Å². The van der Waals surface area contributed by atoms with Crippen LogP contribution in [0.5, 0.6) is 11.5 Å². The van der Waals surface area contributed by atoms with Gasteiger partial charge in [0.25, 0.3) is 0 Å². The Kier molecular flexibility index (Phi) is 3.27. The van der Waals surface area contributed by atoms with Gasteiger partial charge in [-0.2, -0.15) is 0 Å². The zero-order valence-electron chi connectivity index (χ0n) is 10.7. The minimum atomic E-state index is 0.264. The van der Waals surface area contributed by atoms with E-state index in [4.69, 9.17) is 4.74 Å². The number of para-hydroxylation sites is 1. The molecule has 3 nitrogen and oxygen atoms in total. The maximum atomic E-state index is 9.22. The third-order valence-electron chi connectivity index (χ3n) is 3.43. The molecule has 0 saturated heterocycles. The van der Waals surface area contributed by atoms with Crippen molar-refractivity contribution >= 4 is 5.69 Å². The molecule has 0 amide bonds. The van der Waals surface area contributed by atoms with Crippen molar-refractivity contribution in [1.29, 1.82) is 0 Å². The SMILES string of the molecule is Oc1ccc(OCC2CNc3ccccc3C2)cc1. The van der Waals surface area contributed by atoms with E-state index in [1.165, 1.54) is 11.3 Å². The average molecular weight is 255 g/mol. The van der Waals surface area contributed by atoms with E-state index in [9.17, 15) is 5.11 Å². The van der Waals surface area contributed by atoms with Crippen LogP contribution in [0.3, 0.4) is 0 Å². The van der Waals surface area contributed by atoms with Crippen molar-refractivity contribution < 1.29 is 9.84 Å². The summed E-state index contributed by atoms with van der Waals surface area (Å²) in [5.74, 6) is 1.54. The number of hydrogen-bond acceptors (Lipinski definition) is 3. The number of anilines is 1. The minimum Gasteiger partial charge on any atom is -0.508 e. The predicted molar refractivity (Wildman–Crippen MR) is 75.7 cm³/mol. The first kappa shape index (κ1) is 11.9. The van der Waals surface area contributed by atoms with E-state index in [0.717, 1.165) is 18.7 Å². The molecule has 2 aromatic rings. The Bertz CT molecular complexity index is 551. The molecule has 1 atom stereocenters. The fourth-order valence-corrected chi connectivity index (χ4v) is 2.38. The lowest BCUT2D eigenvalue weighted by Gasteiger charge is -2.26. The Labute approximate surface area is 112 Å². The highest BCUT2D eigenvalue weighted by atomic mass is 16.5. The highest BCUT2D eigenvalue weighted by Gasteiger charge is 2.18. The molecule has 0 radical (unpaired) electrons. The fourth-order valence-electron chi connectivity index (χ4n) is 2.38. The van der Waals surface area contributed by atoms with Gasteiger partial charge in [-0.3, -0.25) is 0 Å². The number of hydrogen-bond donors (Lipinski definition) is 2. The summed E-state index contributed by atoms with van der Waals surface area (Å²) in [7, 11) is 0. The highest BCUT2D eigenvalue weighted by Crippen LogP contribution is 2.25. The molecule has 0 aromatic heterocycles. The van der Waals surface area contributed by atoms with Gasteiger partial charge in [-0.25, -0.2) is 0 Å². The molecule has 0 spiro atoms. The van der Waals surface area contributed by atoms with E-state index in [0.29, 0.717) is 12.5 Å². The summed E-state index contributed by atoms with van der Waals surface area (Å²) in [5, 5.41) is 12.7. The second-order valence-corrected chi connectivity index (χ2v) is 4.91. The van der Waals surface area contributed by atoms with Crippen molar-refractivity contribution in [2.24, 2.45) is 5.92 Å². The number of ether oxygens (including phenoxy) is 1. The molecule has 3 heteroatoms. The molecule has 2 N–H and O–H groups in total. The van der Waals surface area contributed by atoms with Crippen LogP contribution in [0.2, 0.25) is 0 Å². The topological polar surface area (TPSA) is 41.5 Å². The lowest BCUT2D eigenvalue weighted by molar-refractivity contribution is 0.252. The van der Waals surface area contributed by atoms with E-state index < -0.39 is 0 Å². The Morgan fingerprint density at radius 2 is 1.89 bits per heavy atom. The van der Waals surface area contributed by atoms with Crippen LogP contribution in [0.15, 0.2) is 48.5 Å². The van der Waals surface area contributed by atoms with Crippen molar-refractivity contribution in [1.82, 2.24) is 0 Å².